The molecule has 1 aromatic carbocycles. The first kappa shape index (κ1) is 21.1. The van der Waals surface area contributed by atoms with E-state index in [1.165, 1.54) is 0 Å². The average molecular weight is 499 g/mol. The second-order valence-electron chi connectivity index (χ2n) is 6.84. The number of benzene rings is 1. The Bertz CT molecular complexity index is 1100. The summed E-state index contributed by atoms with van der Waals surface area (Å²) < 4.78 is 11.2. The monoisotopic (exact) mass is 498 g/mol. The van der Waals surface area contributed by atoms with Gasteiger partial charge in [-0.05, 0) is 69.3 Å². The Kier molecular flexibility index (Phi) is 6.69. The number of carbonyl (C=O) groups excluding carboxylic acids is 2. The lowest BCUT2D eigenvalue weighted by Crippen LogP contribution is -2.31. The van der Waals surface area contributed by atoms with Crippen LogP contribution < -0.4 is 5.32 Å². The van der Waals surface area contributed by atoms with Gasteiger partial charge in [-0.15, -0.1) is 11.3 Å². The number of rotatable bonds is 8. The number of hydrogen-bond donors (Lipinski definition) is 1. The summed E-state index contributed by atoms with van der Waals surface area (Å²) in [7, 11) is 0. The number of hydrogen-bond acceptors (Lipinski definition) is 5. The lowest BCUT2D eigenvalue weighted by atomic mass is 10.1. The van der Waals surface area contributed by atoms with Gasteiger partial charge in [0, 0.05) is 10.6 Å². The van der Waals surface area contributed by atoms with E-state index in [0.717, 1.165) is 16.2 Å². The molecule has 2 amide bonds. The summed E-state index contributed by atoms with van der Waals surface area (Å²) in [4.78, 5) is 28.1. The predicted octanol–water partition coefficient (Wildman–Crippen LogP) is 5.72. The van der Waals surface area contributed by atoms with E-state index in [4.69, 9.17) is 8.83 Å². The number of thiophene rings is 1. The van der Waals surface area contributed by atoms with E-state index in [2.05, 4.69) is 21.2 Å². The topological polar surface area (TPSA) is 75.7 Å². The number of halogens is 1. The minimum atomic E-state index is -0.338. The molecule has 0 fully saturated rings. The van der Waals surface area contributed by atoms with Crippen molar-refractivity contribution >= 4 is 44.8 Å². The van der Waals surface area contributed by atoms with Crippen LogP contribution in [0.1, 0.15) is 26.8 Å². The molecule has 4 aromatic rings. The van der Waals surface area contributed by atoms with Crippen LogP contribution in [0.3, 0.4) is 0 Å². The third kappa shape index (κ3) is 5.74. The molecule has 0 atom stereocenters. The van der Waals surface area contributed by atoms with Crippen LogP contribution >= 0.6 is 27.3 Å². The van der Waals surface area contributed by atoms with E-state index in [1.807, 2.05) is 41.8 Å². The van der Waals surface area contributed by atoms with Gasteiger partial charge in [0.25, 0.3) is 5.91 Å². The van der Waals surface area contributed by atoms with E-state index in [9.17, 15) is 9.59 Å². The van der Waals surface area contributed by atoms with Gasteiger partial charge in [0.1, 0.15) is 5.76 Å². The molecule has 1 N–H and O–H groups in total. The van der Waals surface area contributed by atoms with Gasteiger partial charge in [0.15, 0.2) is 10.4 Å². The molecule has 0 saturated heterocycles. The van der Waals surface area contributed by atoms with Gasteiger partial charge < -0.3 is 19.1 Å². The smallest absolute Gasteiger partial charge is 0.291 e. The van der Waals surface area contributed by atoms with Crippen molar-refractivity contribution in [1.82, 2.24) is 4.90 Å². The van der Waals surface area contributed by atoms with Crippen LogP contribution in [0, 0.1) is 0 Å². The molecule has 31 heavy (non-hydrogen) atoms. The largest absolute Gasteiger partial charge is 0.467 e. The van der Waals surface area contributed by atoms with Crippen molar-refractivity contribution in [2.75, 3.05) is 5.32 Å². The molecule has 0 aliphatic carbocycles. The first-order chi connectivity index (χ1) is 15.1. The van der Waals surface area contributed by atoms with Crippen molar-refractivity contribution in [3.8, 4) is 0 Å². The molecular formula is C23H19BrN2O4S. The van der Waals surface area contributed by atoms with Gasteiger partial charge in [0.2, 0.25) is 5.91 Å². The Morgan fingerprint density at radius 1 is 1.00 bits per heavy atom. The summed E-state index contributed by atoms with van der Waals surface area (Å²) in [6.45, 7) is 0.945. The van der Waals surface area contributed by atoms with Crippen LogP contribution in [-0.2, 0) is 24.3 Å². The molecular weight excluding hydrogens is 480 g/mol. The fourth-order valence-electron chi connectivity index (χ4n) is 3.03. The summed E-state index contributed by atoms with van der Waals surface area (Å²) in [5.41, 5.74) is 1.49. The number of nitrogens with zero attached hydrogens (tertiary/aromatic N) is 1. The van der Waals surface area contributed by atoms with Crippen molar-refractivity contribution in [3.63, 3.8) is 0 Å². The second kappa shape index (κ2) is 9.80. The molecule has 0 saturated carbocycles. The standard InChI is InChI=1S/C23H19BrN2O4S/c24-21-10-9-20(30-21)23(28)25-17-7-5-16(6-8-17)13-22(27)26(14-18-3-1-11-29-18)15-19-4-2-12-31-19/h1-12H,13-15H2,(H,25,28). The lowest BCUT2D eigenvalue weighted by Gasteiger charge is -2.21. The van der Waals surface area contributed by atoms with E-state index < -0.39 is 0 Å². The minimum absolute atomic E-state index is 0.00187. The zero-order chi connectivity index (χ0) is 21.6. The second-order valence-corrected chi connectivity index (χ2v) is 8.65. The Hall–Kier alpha value is -3.10. The highest BCUT2D eigenvalue weighted by atomic mass is 79.9. The highest BCUT2D eigenvalue weighted by Gasteiger charge is 2.17. The summed E-state index contributed by atoms with van der Waals surface area (Å²) in [5, 5.41) is 4.77. The van der Waals surface area contributed by atoms with Crippen LogP contribution in [0.2, 0.25) is 0 Å². The first-order valence-electron chi connectivity index (χ1n) is 9.55. The molecule has 0 unspecified atom stereocenters. The van der Waals surface area contributed by atoms with Gasteiger partial charge in [-0.25, -0.2) is 0 Å². The minimum Gasteiger partial charge on any atom is -0.467 e. The van der Waals surface area contributed by atoms with Gasteiger partial charge in [-0.3, -0.25) is 9.59 Å². The first-order valence-corrected chi connectivity index (χ1v) is 11.2. The maximum absolute atomic E-state index is 13.0. The molecule has 3 aromatic heterocycles. The summed E-state index contributed by atoms with van der Waals surface area (Å²) >= 11 is 4.80. The van der Waals surface area contributed by atoms with Crippen LogP contribution in [-0.4, -0.2) is 16.7 Å². The molecule has 3 heterocycles. The van der Waals surface area contributed by atoms with Crippen LogP contribution in [0.25, 0.3) is 0 Å². The highest BCUT2D eigenvalue weighted by Crippen LogP contribution is 2.19. The maximum atomic E-state index is 13.0. The van der Waals surface area contributed by atoms with Crippen molar-refractivity contribution in [3.05, 3.63) is 98.9 Å². The molecule has 8 heteroatoms. The molecule has 0 aliphatic rings. The van der Waals surface area contributed by atoms with E-state index >= 15 is 0 Å². The molecule has 6 nitrogen and oxygen atoms in total. The summed E-state index contributed by atoms with van der Waals surface area (Å²) in [5.74, 6) is 0.623. The van der Waals surface area contributed by atoms with Crippen molar-refractivity contribution in [2.24, 2.45) is 0 Å². The van der Waals surface area contributed by atoms with Crippen molar-refractivity contribution in [1.29, 1.82) is 0 Å². The fraction of sp³-hybridized carbons (Fsp3) is 0.130. The molecule has 0 aliphatic heterocycles. The Morgan fingerprint density at radius 3 is 2.48 bits per heavy atom. The number of furan rings is 2. The van der Waals surface area contributed by atoms with Crippen molar-refractivity contribution < 1.29 is 18.4 Å². The van der Waals surface area contributed by atoms with Gasteiger partial charge in [0.05, 0.1) is 25.8 Å². The third-order valence-corrected chi connectivity index (χ3v) is 5.86. The van der Waals surface area contributed by atoms with E-state index in [1.54, 1.807) is 46.8 Å². The zero-order valence-corrected chi connectivity index (χ0v) is 18.8. The van der Waals surface area contributed by atoms with Crippen LogP contribution in [0.15, 0.2) is 85.8 Å². The van der Waals surface area contributed by atoms with E-state index in [-0.39, 0.29) is 24.0 Å². The zero-order valence-electron chi connectivity index (χ0n) is 16.4. The van der Waals surface area contributed by atoms with Gasteiger partial charge >= 0.3 is 0 Å². The molecule has 4 rings (SSSR count). The van der Waals surface area contributed by atoms with Gasteiger partial charge in [-0.2, -0.15) is 0 Å². The highest BCUT2D eigenvalue weighted by molar-refractivity contribution is 9.10. The van der Waals surface area contributed by atoms with Crippen LogP contribution in [0.4, 0.5) is 5.69 Å². The molecule has 0 spiro atoms. The fourth-order valence-corrected chi connectivity index (χ4v) is 4.06. The molecule has 158 valence electrons. The van der Waals surface area contributed by atoms with Crippen molar-refractivity contribution in [2.45, 2.75) is 19.5 Å². The quantitative estimate of drug-likeness (QED) is 0.337. The summed E-state index contributed by atoms with van der Waals surface area (Å²) in [6, 6.07) is 18.1. The summed E-state index contributed by atoms with van der Waals surface area (Å²) in [6.07, 6.45) is 1.86. The van der Waals surface area contributed by atoms with E-state index in [0.29, 0.717) is 23.4 Å². The maximum Gasteiger partial charge on any atom is 0.291 e. The Morgan fingerprint density at radius 2 is 1.84 bits per heavy atom. The molecule has 0 bridgehead atoms. The average Bonchev–Trinajstić information content (AvgIpc) is 3.52. The number of anilines is 1. The van der Waals surface area contributed by atoms with Crippen LogP contribution in [0.5, 0.6) is 0 Å². The third-order valence-electron chi connectivity index (χ3n) is 4.57. The normalized spacial score (nSPS) is 10.7. The lowest BCUT2D eigenvalue weighted by molar-refractivity contribution is -0.131. The SMILES string of the molecule is O=C(Nc1ccc(CC(=O)N(Cc2ccco2)Cc2cccs2)cc1)c1ccc(Br)o1. The van der Waals surface area contributed by atoms with Gasteiger partial charge in [-0.1, -0.05) is 18.2 Å². The predicted molar refractivity (Wildman–Crippen MR) is 122 cm³/mol. The Labute approximate surface area is 191 Å². The Balaban J connectivity index is 1.40. The number of amides is 2. The number of nitrogens with one attached hydrogen (secondary N) is 1. The molecule has 0 radical (unpaired) electrons. The number of carbonyl (C=O) groups is 2.